The zero-order valence-electron chi connectivity index (χ0n) is 12.0. The summed E-state index contributed by atoms with van der Waals surface area (Å²) in [5.41, 5.74) is 2.51. The molecule has 3 saturated carbocycles. The van der Waals surface area contributed by atoms with Gasteiger partial charge in [-0.2, -0.15) is 0 Å². The third kappa shape index (κ3) is 1.84. The van der Waals surface area contributed by atoms with E-state index in [1.807, 2.05) is 6.20 Å². The van der Waals surface area contributed by atoms with Crippen LogP contribution in [0.2, 0.25) is 0 Å². The van der Waals surface area contributed by atoms with Crippen molar-refractivity contribution in [2.75, 3.05) is 7.05 Å². The lowest BCUT2D eigenvalue weighted by atomic mass is 9.94. The van der Waals surface area contributed by atoms with E-state index in [4.69, 9.17) is 0 Å². The summed E-state index contributed by atoms with van der Waals surface area (Å²) in [7, 11) is 2.13. The van der Waals surface area contributed by atoms with Crippen LogP contribution in [0.25, 0.3) is 0 Å². The van der Waals surface area contributed by atoms with E-state index in [-0.39, 0.29) is 0 Å². The summed E-state index contributed by atoms with van der Waals surface area (Å²) in [5.74, 6) is 5.20. The van der Waals surface area contributed by atoms with Crippen LogP contribution in [0.5, 0.6) is 0 Å². The van der Waals surface area contributed by atoms with E-state index in [0.29, 0.717) is 6.04 Å². The van der Waals surface area contributed by atoms with Crippen LogP contribution in [0, 0.1) is 36.5 Å². The van der Waals surface area contributed by atoms with Crippen molar-refractivity contribution < 1.29 is 0 Å². The van der Waals surface area contributed by atoms with E-state index in [2.05, 4.69) is 36.4 Å². The van der Waals surface area contributed by atoms with E-state index in [1.165, 1.54) is 24.1 Å². The molecular weight excluding hydrogens is 232 g/mol. The number of hydrogen-bond acceptors (Lipinski definition) is 2. The Morgan fingerprint density at radius 2 is 2.00 bits per heavy atom. The first kappa shape index (κ1) is 11.9. The maximum Gasteiger partial charge on any atom is 0.0419 e. The molecular formula is C17H24N2. The summed E-state index contributed by atoms with van der Waals surface area (Å²) in [5, 5.41) is 3.58. The van der Waals surface area contributed by atoms with Crippen molar-refractivity contribution in [1.29, 1.82) is 0 Å². The number of fused-ring (bicyclic) bond motifs is 5. The SMILES string of the molecule is CNC(Cc1ccc(C)cn1)C1C2C3CCC(C3)C21. The Labute approximate surface area is 116 Å². The standard InChI is InChI=1S/C17H24N2/c1-10-3-6-13(19-9-10)8-14(18-2)17-15-11-4-5-12(7-11)16(15)17/h3,6,9,11-12,14-18H,4-5,7-8H2,1-2H3. The molecule has 0 aliphatic heterocycles. The Balaban J connectivity index is 1.46. The van der Waals surface area contributed by atoms with Gasteiger partial charge in [0.2, 0.25) is 0 Å². The van der Waals surface area contributed by atoms with E-state index in [1.54, 1.807) is 6.42 Å². The second kappa shape index (κ2) is 4.31. The summed E-state index contributed by atoms with van der Waals surface area (Å²) in [6.07, 6.45) is 7.68. The summed E-state index contributed by atoms with van der Waals surface area (Å²) in [6.45, 7) is 2.11. The highest BCUT2D eigenvalue weighted by atomic mass is 14.9. The highest BCUT2D eigenvalue weighted by molar-refractivity contribution is 5.19. The normalized spacial score (nSPS) is 40.2. The fourth-order valence-electron chi connectivity index (χ4n) is 5.21. The molecule has 0 spiro atoms. The zero-order valence-corrected chi connectivity index (χ0v) is 12.0. The Kier molecular flexibility index (Phi) is 2.70. The molecule has 1 heterocycles. The lowest BCUT2D eigenvalue weighted by Gasteiger charge is -2.19. The molecule has 0 aromatic carbocycles. The topological polar surface area (TPSA) is 24.9 Å². The van der Waals surface area contributed by atoms with E-state index >= 15 is 0 Å². The summed E-state index contributed by atoms with van der Waals surface area (Å²) >= 11 is 0. The second-order valence-electron chi connectivity index (χ2n) is 6.99. The van der Waals surface area contributed by atoms with Crippen LogP contribution in [-0.4, -0.2) is 18.1 Å². The Morgan fingerprint density at radius 3 is 2.58 bits per heavy atom. The van der Waals surface area contributed by atoms with Crippen molar-refractivity contribution in [3.8, 4) is 0 Å². The lowest BCUT2D eigenvalue weighted by Crippen LogP contribution is -2.32. The van der Waals surface area contributed by atoms with Gasteiger partial charge in [0.15, 0.2) is 0 Å². The minimum atomic E-state index is 0.647. The first-order valence-corrected chi connectivity index (χ1v) is 7.86. The maximum absolute atomic E-state index is 4.58. The Hall–Kier alpha value is -0.890. The van der Waals surface area contributed by atoms with Gasteiger partial charge in [-0.25, -0.2) is 0 Å². The summed E-state index contributed by atoms with van der Waals surface area (Å²) in [4.78, 5) is 4.58. The number of rotatable bonds is 4. The quantitative estimate of drug-likeness (QED) is 0.896. The van der Waals surface area contributed by atoms with Gasteiger partial charge in [-0.05, 0) is 74.5 Å². The average Bonchev–Trinajstić information content (AvgIpc) is 2.86. The van der Waals surface area contributed by atoms with Crippen molar-refractivity contribution >= 4 is 0 Å². The number of likely N-dealkylation sites (N-methyl/N-ethyl adjacent to an activating group) is 1. The fourth-order valence-corrected chi connectivity index (χ4v) is 5.21. The van der Waals surface area contributed by atoms with Crippen LogP contribution in [0.15, 0.2) is 18.3 Å². The first-order valence-electron chi connectivity index (χ1n) is 7.86. The molecule has 1 aromatic heterocycles. The molecule has 5 atom stereocenters. The number of nitrogens with one attached hydrogen (secondary N) is 1. The monoisotopic (exact) mass is 256 g/mol. The van der Waals surface area contributed by atoms with Gasteiger partial charge in [0.05, 0.1) is 0 Å². The third-order valence-corrected chi connectivity index (χ3v) is 6.03. The van der Waals surface area contributed by atoms with Gasteiger partial charge in [-0.1, -0.05) is 6.07 Å². The van der Waals surface area contributed by atoms with Crippen LogP contribution in [0.3, 0.4) is 0 Å². The zero-order chi connectivity index (χ0) is 13.0. The molecule has 5 unspecified atom stereocenters. The van der Waals surface area contributed by atoms with Crippen LogP contribution in [0.4, 0.5) is 0 Å². The van der Waals surface area contributed by atoms with Crippen molar-refractivity contribution in [3.63, 3.8) is 0 Å². The molecule has 1 aromatic rings. The lowest BCUT2D eigenvalue weighted by molar-refractivity contribution is 0.375. The molecule has 0 amide bonds. The number of aromatic nitrogens is 1. The van der Waals surface area contributed by atoms with E-state index < -0.39 is 0 Å². The molecule has 2 bridgehead atoms. The van der Waals surface area contributed by atoms with Crippen LogP contribution in [0.1, 0.15) is 30.5 Å². The predicted octanol–water partition coefficient (Wildman–Crippen LogP) is 2.81. The van der Waals surface area contributed by atoms with Gasteiger partial charge >= 0.3 is 0 Å². The third-order valence-electron chi connectivity index (χ3n) is 6.03. The molecule has 1 N–H and O–H groups in total. The molecule has 2 heteroatoms. The molecule has 0 radical (unpaired) electrons. The highest BCUT2D eigenvalue weighted by Crippen LogP contribution is 2.70. The largest absolute Gasteiger partial charge is 0.316 e. The predicted molar refractivity (Wildman–Crippen MR) is 76.8 cm³/mol. The van der Waals surface area contributed by atoms with Crippen molar-refractivity contribution in [1.82, 2.24) is 10.3 Å². The minimum absolute atomic E-state index is 0.647. The van der Waals surface area contributed by atoms with Gasteiger partial charge in [0.25, 0.3) is 0 Å². The first-order chi connectivity index (χ1) is 9.28. The molecule has 19 heavy (non-hydrogen) atoms. The van der Waals surface area contributed by atoms with Crippen LogP contribution < -0.4 is 5.32 Å². The Bertz CT molecular complexity index is 451. The number of nitrogens with zero attached hydrogens (tertiary/aromatic N) is 1. The van der Waals surface area contributed by atoms with Gasteiger partial charge in [0.1, 0.15) is 0 Å². The van der Waals surface area contributed by atoms with Crippen LogP contribution >= 0.6 is 0 Å². The summed E-state index contributed by atoms with van der Waals surface area (Å²) in [6, 6.07) is 5.03. The van der Waals surface area contributed by atoms with Gasteiger partial charge in [-0.15, -0.1) is 0 Å². The van der Waals surface area contributed by atoms with Gasteiger partial charge in [0, 0.05) is 24.4 Å². The second-order valence-corrected chi connectivity index (χ2v) is 6.99. The number of hydrogen-bond donors (Lipinski definition) is 1. The van der Waals surface area contributed by atoms with Gasteiger partial charge < -0.3 is 5.32 Å². The average molecular weight is 256 g/mol. The molecule has 3 aliphatic rings. The highest BCUT2D eigenvalue weighted by Gasteiger charge is 2.66. The van der Waals surface area contributed by atoms with Crippen molar-refractivity contribution in [3.05, 3.63) is 29.6 Å². The fraction of sp³-hybridized carbons (Fsp3) is 0.706. The molecule has 3 aliphatic carbocycles. The molecule has 102 valence electrons. The van der Waals surface area contributed by atoms with Crippen molar-refractivity contribution in [2.45, 2.75) is 38.6 Å². The van der Waals surface area contributed by atoms with E-state index in [9.17, 15) is 0 Å². The molecule has 2 nitrogen and oxygen atoms in total. The van der Waals surface area contributed by atoms with E-state index in [0.717, 1.165) is 36.0 Å². The number of pyridine rings is 1. The Morgan fingerprint density at radius 1 is 1.26 bits per heavy atom. The molecule has 0 saturated heterocycles. The molecule has 4 rings (SSSR count). The molecule has 3 fully saturated rings. The summed E-state index contributed by atoms with van der Waals surface area (Å²) < 4.78 is 0. The van der Waals surface area contributed by atoms with Crippen LogP contribution in [-0.2, 0) is 6.42 Å². The minimum Gasteiger partial charge on any atom is -0.316 e. The smallest absolute Gasteiger partial charge is 0.0419 e. The van der Waals surface area contributed by atoms with Crippen molar-refractivity contribution in [2.24, 2.45) is 29.6 Å². The van der Waals surface area contributed by atoms with Gasteiger partial charge in [-0.3, -0.25) is 4.98 Å². The number of aryl methyl sites for hydroxylation is 1. The maximum atomic E-state index is 4.58.